The minimum absolute atomic E-state index is 0.236. The van der Waals surface area contributed by atoms with Gasteiger partial charge in [0.15, 0.2) is 5.69 Å². The van der Waals surface area contributed by atoms with Gasteiger partial charge in [-0.1, -0.05) is 35.9 Å². The quantitative estimate of drug-likeness (QED) is 0.497. The molecule has 0 aliphatic carbocycles. The van der Waals surface area contributed by atoms with E-state index in [1.54, 1.807) is 19.2 Å². The van der Waals surface area contributed by atoms with Gasteiger partial charge in [0.2, 0.25) is 5.89 Å². The molecule has 0 unspecified atom stereocenters. The van der Waals surface area contributed by atoms with Gasteiger partial charge in [-0.2, -0.15) is 0 Å². The van der Waals surface area contributed by atoms with Gasteiger partial charge in [0, 0.05) is 26.7 Å². The molecule has 0 aliphatic heterocycles. The van der Waals surface area contributed by atoms with E-state index in [4.69, 9.17) is 9.15 Å². The Hall–Kier alpha value is -3.03. The molecule has 6 nitrogen and oxygen atoms in total. The molecule has 0 atom stereocenters. The molecule has 0 spiro atoms. The highest BCUT2D eigenvalue weighted by Crippen LogP contribution is 2.18. The number of nitrogens with zero attached hydrogens (tertiary/aromatic N) is 2. The predicted octanol–water partition coefficient (Wildman–Crippen LogP) is 4.01. The number of amides is 1. The zero-order chi connectivity index (χ0) is 22.2. The summed E-state index contributed by atoms with van der Waals surface area (Å²) in [5.41, 5.74) is 4.80. The van der Waals surface area contributed by atoms with E-state index in [0.29, 0.717) is 38.7 Å². The first-order valence-corrected chi connectivity index (χ1v) is 10.2. The minimum atomic E-state index is -0.299. The summed E-state index contributed by atoms with van der Waals surface area (Å²) in [7, 11) is 1.58. The molecular weight excluding hydrogens is 397 g/mol. The van der Waals surface area contributed by atoms with Crippen LogP contribution < -0.4 is 5.32 Å². The second kappa shape index (κ2) is 10.8. The van der Waals surface area contributed by atoms with E-state index in [1.165, 1.54) is 35.1 Å². The summed E-state index contributed by atoms with van der Waals surface area (Å²) in [4.78, 5) is 18.7. The second-order valence-electron chi connectivity index (χ2n) is 7.58. The Labute approximate surface area is 182 Å². The van der Waals surface area contributed by atoms with E-state index in [1.807, 2.05) is 0 Å². The van der Waals surface area contributed by atoms with Crippen LogP contribution in [0.15, 0.2) is 53.1 Å². The highest BCUT2D eigenvalue weighted by molar-refractivity contribution is 5.91. The molecule has 31 heavy (non-hydrogen) atoms. The fourth-order valence-corrected chi connectivity index (χ4v) is 3.26. The molecule has 1 amide bonds. The van der Waals surface area contributed by atoms with E-state index in [0.717, 1.165) is 5.56 Å². The molecule has 0 fully saturated rings. The van der Waals surface area contributed by atoms with Gasteiger partial charge in [0.05, 0.1) is 13.2 Å². The Morgan fingerprint density at radius 1 is 1.13 bits per heavy atom. The lowest BCUT2D eigenvalue weighted by molar-refractivity contribution is 0.0932. The van der Waals surface area contributed by atoms with Crippen molar-refractivity contribution in [3.8, 4) is 0 Å². The average Bonchev–Trinajstić information content (AvgIpc) is 3.21. The van der Waals surface area contributed by atoms with Gasteiger partial charge in [-0.05, 0) is 42.7 Å². The number of rotatable bonds is 10. The Kier molecular flexibility index (Phi) is 7.92. The summed E-state index contributed by atoms with van der Waals surface area (Å²) >= 11 is 0. The Bertz CT molecular complexity index is 1000. The number of methoxy groups -OCH3 is 1. The summed E-state index contributed by atoms with van der Waals surface area (Å²) < 4.78 is 23.8. The number of oxazole rings is 1. The van der Waals surface area contributed by atoms with E-state index in [-0.39, 0.29) is 17.4 Å². The summed E-state index contributed by atoms with van der Waals surface area (Å²) in [6.07, 6.45) is 1.37. The van der Waals surface area contributed by atoms with Gasteiger partial charge >= 0.3 is 0 Å². The van der Waals surface area contributed by atoms with Gasteiger partial charge in [-0.25, -0.2) is 9.37 Å². The highest BCUT2D eigenvalue weighted by atomic mass is 19.1. The molecule has 1 N–H and O–H groups in total. The maximum atomic E-state index is 13.3. The van der Waals surface area contributed by atoms with E-state index < -0.39 is 0 Å². The first kappa shape index (κ1) is 22.7. The predicted molar refractivity (Wildman–Crippen MR) is 116 cm³/mol. The second-order valence-corrected chi connectivity index (χ2v) is 7.58. The van der Waals surface area contributed by atoms with Crippen molar-refractivity contribution in [2.24, 2.45) is 0 Å². The number of carbonyl (C=O) groups excluding carboxylic acids is 1. The maximum Gasteiger partial charge on any atom is 0.273 e. The van der Waals surface area contributed by atoms with Gasteiger partial charge in [-0.3, -0.25) is 9.69 Å². The summed E-state index contributed by atoms with van der Waals surface area (Å²) in [5, 5.41) is 2.73. The van der Waals surface area contributed by atoms with Gasteiger partial charge in [-0.15, -0.1) is 0 Å². The third-order valence-corrected chi connectivity index (χ3v) is 4.95. The third kappa shape index (κ3) is 6.73. The van der Waals surface area contributed by atoms with Crippen LogP contribution in [0.2, 0.25) is 0 Å². The maximum absolute atomic E-state index is 13.3. The van der Waals surface area contributed by atoms with E-state index >= 15 is 0 Å². The van der Waals surface area contributed by atoms with Crippen LogP contribution in [0, 0.1) is 19.7 Å². The number of nitrogens with one attached hydrogen (secondary N) is 1. The van der Waals surface area contributed by atoms with Crippen molar-refractivity contribution >= 4 is 5.91 Å². The molecule has 1 heterocycles. The number of aromatic nitrogens is 1. The Morgan fingerprint density at radius 2 is 1.90 bits per heavy atom. The highest BCUT2D eigenvalue weighted by Gasteiger charge is 2.16. The van der Waals surface area contributed by atoms with E-state index in [2.05, 4.69) is 47.2 Å². The minimum Gasteiger partial charge on any atom is -0.447 e. The molecule has 3 aromatic rings. The number of ether oxygens (including phenoxy) is 1. The van der Waals surface area contributed by atoms with Crippen molar-refractivity contribution in [2.45, 2.75) is 33.5 Å². The largest absolute Gasteiger partial charge is 0.447 e. The standard InChI is InChI=1S/C24H28FN3O3/c1-17-4-5-18(2)20(12-17)14-28(13-19-6-8-21(25)9-7-19)15-23-27-22(16-31-23)24(29)26-10-11-30-3/h4-9,12,16H,10-11,13-15H2,1-3H3,(H,26,29). The Balaban J connectivity index is 1.75. The van der Waals surface area contributed by atoms with Crippen molar-refractivity contribution in [1.29, 1.82) is 0 Å². The number of hydrogen-bond donors (Lipinski definition) is 1. The van der Waals surface area contributed by atoms with Crippen molar-refractivity contribution in [1.82, 2.24) is 15.2 Å². The molecule has 0 bridgehead atoms. The Morgan fingerprint density at radius 3 is 2.65 bits per heavy atom. The van der Waals surface area contributed by atoms with Gasteiger partial charge in [0.1, 0.15) is 12.1 Å². The van der Waals surface area contributed by atoms with Crippen molar-refractivity contribution in [3.63, 3.8) is 0 Å². The molecule has 1 aromatic heterocycles. The van der Waals surface area contributed by atoms with Gasteiger partial charge in [0.25, 0.3) is 5.91 Å². The normalized spacial score (nSPS) is 11.1. The number of halogens is 1. The van der Waals surface area contributed by atoms with Crippen LogP contribution in [0.4, 0.5) is 4.39 Å². The van der Waals surface area contributed by atoms with Crippen LogP contribution in [0.5, 0.6) is 0 Å². The zero-order valence-electron chi connectivity index (χ0n) is 18.2. The zero-order valence-corrected chi connectivity index (χ0v) is 18.2. The SMILES string of the molecule is COCCNC(=O)c1coc(CN(Cc2ccc(F)cc2)Cc2cc(C)ccc2C)n1. The monoisotopic (exact) mass is 425 g/mol. The molecular formula is C24H28FN3O3. The molecule has 0 saturated heterocycles. The van der Waals surface area contributed by atoms with Crippen LogP contribution in [-0.4, -0.2) is 36.1 Å². The lowest BCUT2D eigenvalue weighted by Gasteiger charge is -2.22. The fraction of sp³-hybridized carbons (Fsp3) is 0.333. The molecule has 0 saturated carbocycles. The summed E-state index contributed by atoms with van der Waals surface area (Å²) in [6, 6.07) is 12.8. The number of carbonyl (C=O) groups is 1. The number of benzene rings is 2. The van der Waals surface area contributed by atoms with Crippen molar-refractivity contribution in [3.05, 3.63) is 88.4 Å². The van der Waals surface area contributed by atoms with E-state index in [9.17, 15) is 9.18 Å². The van der Waals surface area contributed by atoms with Crippen molar-refractivity contribution < 1.29 is 18.3 Å². The number of hydrogen-bond acceptors (Lipinski definition) is 5. The third-order valence-electron chi connectivity index (χ3n) is 4.95. The fourth-order valence-electron chi connectivity index (χ4n) is 3.26. The molecule has 2 aromatic carbocycles. The van der Waals surface area contributed by atoms with Gasteiger partial charge < -0.3 is 14.5 Å². The van der Waals surface area contributed by atoms with Crippen LogP contribution in [-0.2, 0) is 24.4 Å². The molecule has 3 rings (SSSR count). The number of aryl methyl sites for hydroxylation is 2. The summed E-state index contributed by atoms with van der Waals surface area (Å²) in [5.74, 6) is -0.113. The van der Waals surface area contributed by atoms with Crippen LogP contribution in [0.25, 0.3) is 0 Å². The average molecular weight is 426 g/mol. The van der Waals surface area contributed by atoms with Crippen LogP contribution in [0.1, 0.15) is 38.6 Å². The lowest BCUT2D eigenvalue weighted by Crippen LogP contribution is -2.27. The first-order chi connectivity index (χ1) is 14.9. The first-order valence-electron chi connectivity index (χ1n) is 10.2. The topological polar surface area (TPSA) is 67.6 Å². The molecule has 7 heteroatoms. The molecule has 0 radical (unpaired) electrons. The van der Waals surface area contributed by atoms with Crippen LogP contribution in [0.3, 0.4) is 0 Å². The molecule has 0 aliphatic rings. The van der Waals surface area contributed by atoms with Crippen molar-refractivity contribution in [2.75, 3.05) is 20.3 Å². The van der Waals surface area contributed by atoms with Crippen LogP contribution >= 0.6 is 0 Å². The lowest BCUT2D eigenvalue weighted by atomic mass is 10.0. The smallest absolute Gasteiger partial charge is 0.273 e. The summed E-state index contributed by atoms with van der Waals surface area (Å²) in [6.45, 7) is 6.65. The molecule has 164 valence electrons.